The molecule has 3 fully saturated rings. The number of likely N-dealkylation sites (N-methyl/N-ethyl adjacent to an activating group) is 1. The molecule has 210 valence electrons. The Balaban J connectivity index is 0.000000286. The maximum Gasteiger partial charge on any atom is 0.490 e. The predicted molar refractivity (Wildman–Crippen MR) is 121 cm³/mol. The van der Waals surface area contributed by atoms with Gasteiger partial charge >= 0.3 is 24.3 Å². The van der Waals surface area contributed by atoms with E-state index in [1.54, 1.807) is 0 Å². The van der Waals surface area contributed by atoms with Gasteiger partial charge in [0.05, 0.1) is 6.04 Å². The van der Waals surface area contributed by atoms with Crippen molar-refractivity contribution in [3.63, 3.8) is 0 Å². The van der Waals surface area contributed by atoms with E-state index in [2.05, 4.69) is 41.2 Å². The van der Waals surface area contributed by atoms with E-state index in [1.807, 2.05) is 11.3 Å². The molecule has 1 aromatic heterocycles. The van der Waals surface area contributed by atoms with Crippen molar-refractivity contribution in [3.05, 3.63) is 21.9 Å². The molecule has 0 spiro atoms. The number of carbonyl (C=O) groups excluding carboxylic acids is 1. The topological polar surface area (TPSA) is 110 Å². The lowest BCUT2D eigenvalue weighted by molar-refractivity contribution is -0.193. The Morgan fingerprint density at radius 3 is 1.97 bits per heavy atom. The minimum atomic E-state index is -5.08. The van der Waals surface area contributed by atoms with Crippen LogP contribution in [0.5, 0.6) is 0 Å². The van der Waals surface area contributed by atoms with Gasteiger partial charge in [-0.1, -0.05) is 0 Å². The van der Waals surface area contributed by atoms with E-state index >= 15 is 0 Å². The molecule has 8 nitrogen and oxygen atoms in total. The van der Waals surface area contributed by atoms with Gasteiger partial charge in [-0.3, -0.25) is 14.6 Å². The van der Waals surface area contributed by atoms with Crippen molar-refractivity contribution in [1.82, 2.24) is 15.1 Å². The van der Waals surface area contributed by atoms with E-state index in [1.165, 1.54) is 22.6 Å². The van der Waals surface area contributed by atoms with Crippen LogP contribution in [0.1, 0.15) is 29.0 Å². The van der Waals surface area contributed by atoms with Gasteiger partial charge in [-0.25, -0.2) is 9.59 Å². The molecule has 1 saturated carbocycles. The highest BCUT2D eigenvalue weighted by atomic mass is 32.1. The van der Waals surface area contributed by atoms with Gasteiger partial charge < -0.3 is 15.5 Å². The van der Waals surface area contributed by atoms with E-state index in [-0.39, 0.29) is 11.9 Å². The Kier molecular flexibility index (Phi) is 10.4. The van der Waals surface area contributed by atoms with Gasteiger partial charge in [-0.05, 0) is 57.2 Å². The summed E-state index contributed by atoms with van der Waals surface area (Å²) in [5, 5.41) is 17.4. The number of alkyl halides is 6. The summed E-state index contributed by atoms with van der Waals surface area (Å²) in [6, 6.07) is 5.11. The van der Waals surface area contributed by atoms with Gasteiger partial charge in [0.15, 0.2) is 0 Å². The molecule has 3 aliphatic rings. The van der Waals surface area contributed by atoms with Gasteiger partial charge in [0, 0.05) is 42.0 Å². The summed E-state index contributed by atoms with van der Waals surface area (Å²) in [6.07, 6.45) is -6.55. The smallest absolute Gasteiger partial charge is 0.475 e. The molecule has 0 bridgehead atoms. The van der Waals surface area contributed by atoms with Crippen molar-refractivity contribution in [3.8, 4) is 0 Å². The summed E-state index contributed by atoms with van der Waals surface area (Å²) in [7, 11) is 2.14. The van der Waals surface area contributed by atoms with E-state index < -0.39 is 24.3 Å². The lowest BCUT2D eigenvalue weighted by Crippen LogP contribution is -2.46. The van der Waals surface area contributed by atoms with Crippen molar-refractivity contribution in [2.45, 2.75) is 57.2 Å². The fraction of sp³-hybridized carbons (Fsp3) is 0.682. The standard InChI is InChI=1S/C18H27N3OS.2C2HF3O2/c1-12-3-6-15(23-12)10-21-9-14-7-16(20(2)17(14)11-21)18(22)19-8-13-4-5-13;2*3-2(4,5)1(6)7/h3,6,13-14,16-17H,4-5,7-11H2,1-2H3,(H,19,22);2*(H,6,7)/t14-,16+,17+;;/m0../s1. The highest BCUT2D eigenvalue weighted by Gasteiger charge is 2.47. The number of halogens is 6. The molecule has 15 heteroatoms. The molecular formula is C22H29F6N3O5S. The highest BCUT2D eigenvalue weighted by molar-refractivity contribution is 7.11. The van der Waals surface area contributed by atoms with Crippen molar-refractivity contribution < 1.29 is 50.9 Å². The fourth-order valence-electron chi connectivity index (χ4n) is 4.21. The molecule has 37 heavy (non-hydrogen) atoms. The van der Waals surface area contributed by atoms with Crippen LogP contribution in [0.15, 0.2) is 12.1 Å². The molecule has 1 aliphatic carbocycles. The van der Waals surface area contributed by atoms with Gasteiger partial charge in [-0.2, -0.15) is 26.3 Å². The number of hydrogen-bond acceptors (Lipinski definition) is 6. The summed E-state index contributed by atoms with van der Waals surface area (Å²) in [4.78, 5) is 38.0. The summed E-state index contributed by atoms with van der Waals surface area (Å²) < 4.78 is 63.5. The number of carboxylic acids is 2. The average Bonchev–Trinajstić information content (AvgIpc) is 3.27. The number of rotatable bonds is 5. The van der Waals surface area contributed by atoms with Crippen LogP contribution in [0, 0.1) is 18.8 Å². The number of thiophene rings is 1. The van der Waals surface area contributed by atoms with Gasteiger partial charge in [0.2, 0.25) is 5.91 Å². The van der Waals surface area contributed by atoms with Crippen LogP contribution in [0.3, 0.4) is 0 Å². The first-order valence-corrected chi connectivity index (χ1v) is 12.2. The molecule has 4 rings (SSSR count). The van der Waals surface area contributed by atoms with Crippen molar-refractivity contribution >= 4 is 29.2 Å². The van der Waals surface area contributed by atoms with Crippen LogP contribution in [0.4, 0.5) is 26.3 Å². The zero-order valence-corrected chi connectivity index (χ0v) is 20.9. The zero-order valence-electron chi connectivity index (χ0n) is 20.1. The molecule has 0 aromatic carbocycles. The SMILES string of the molecule is Cc1ccc(CN2C[C@@H]3C[C@H](C(=O)NCC4CC4)N(C)[C@@H]3C2)s1.O=C(O)C(F)(F)F.O=C(O)C(F)(F)F. The van der Waals surface area contributed by atoms with E-state index in [9.17, 15) is 31.1 Å². The number of amides is 1. The average molecular weight is 562 g/mol. The first-order chi connectivity index (χ1) is 17.0. The minimum Gasteiger partial charge on any atom is -0.475 e. The fourth-order valence-corrected chi connectivity index (χ4v) is 5.15. The van der Waals surface area contributed by atoms with Crippen LogP contribution < -0.4 is 5.32 Å². The number of likely N-dealkylation sites (tertiary alicyclic amines) is 2. The lowest BCUT2D eigenvalue weighted by atomic mass is 10.0. The van der Waals surface area contributed by atoms with Crippen LogP contribution in [0.25, 0.3) is 0 Å². The van der Waals surface area contributed by atoms with Gasteiger partial charge in [0.1, 0.15) is 0 Å². The van der Waals surface area contributed by atoms with Crippen LogP contribution in [-0.4, -0.2) is 89.0 Å². The maximum atomic E-state index is 12.4. The third-order valence-corrected chi connectivity index (χ3v) is 7.23. The molecule has 0 unspecified atom stereocenters. The number of nitrogens with one attached hydrogen (secondary N) is 1. The van der Waals surface area contributed by atoms with E-state index in [0.29, 0.717) is 12.0 Å². The minimum absolute atomic E-state index is 0.0925. The summed E-state index contributed by atoms with van der Waals surface area (Å²) in [6.45, 7) is 6.37. The molecule has 2 saturated heterocycles. The third kappa shape index (κ3) is 9.78. The molecular weight excluding hydrogens is 532 g/mol. The van der Waals surface area contributed by atoms with Crippen LogP contribution in [0.2, 0.25) is 0 Å². The van der Waals surface area contributed by atoms with Crippen molar-refractivity contribution in [1.29, 1.82) is 0 Å². The zero-order chi connectivity index (χ0) is 28.1. The quantitative estimate of drug-likeness (QED) is 0.473. The summed E-state index contributed by atoms with van der Waals surface area (Å²) in [5.74, 6) is -3.85. The first-order valence-electron chi connectivity index (χ1n) is 11.4. The summed E-state index contributed by atoms with van der Waals surface area (Å²) >= 11 is 1.90. The van der Waals surface area contributed by atoms with Crippen LogP contribution >= 0.6 is 11.3 Å². The van der Waals surface area contributed by atoms with E-state index in [0.717, 1.165) is 38.5 Å². The Bertz CT molecular complexity index is 926. The van der Waals surface area contributed by atoms with Gasteiger partial charge in [0.25, 0.3) is 0 Å². The molecule has 3 atom stereocenters. The predicted octanol–water partition coefficient (Wildman–Crippen LogP) is 3.35. The molecule has 3 N–H and O–H groups in total. The number of hydrogen-bond donors (Lipinski definition) is 3. The first kappa shape index (κ1) is 30.8. The number of aryl methyl sites for hydroxylation is 1. The maximum absolute atomic E-state index is 12.4. The van der Waals surface area contributed by atoms with Crippen molar-refractivity contribution in [2.75, 3.05) is 26.7 Å². The number of aliphatic carboxylic acids is 2. The van der Waals surface area contributed by atoms with Gasteiger partial charge in [-0.15, -0.1) is 11.3 Å². The lowest BCUT2D eigenvalue weighted by Gasteiger charge is -2.26. The second-order valence-electron chi connectivity index (χ2n) is 9.25. The Labute approximate surface area is 213 Å². The number of nitrogens with zero attached hydrogens (tertiary/aromatic N) is 2. The van der Waals surface area contributed by atoms with E-state index in [4.69, 9.17) is 19.8 Å². The molecule has 2 aliphatic heterocycles. The Morgan fingerprint density at radius 2 is 1.57 bits per heavy atom. The molecule has 0 radical (unpaired) electrons. The third-order valence-electron chi connectivity index (χ3n) is 6.25. The summed E-state index contributed by atoms with van der Waals surface area (Å²) in [5.41, 5.74) is 0. The normalized spacial score (nSPS) is 23.8. The Morgan fingerprint density at radius 1 is 1.03 bits per heavy atom. The van der Waals surface area contributed by atoms with Crippen molar-refractivity contribution in [2.24, 2.45) is 11.8 Å². The second kappa shape index (κ2) is 12.4. The molecule has 1 aromatic rings. The monoisotopic (exact) mass is 561 g/mol. The highest BCUT2D eigenvalue weighted by Crippen LogP contribution is 2.36. The number of carbonyl (C=O) groups is 3. The molecule has 1 amide bonds. The molecule has 3 heterocycles. The number of carboxylic acid groups (broad SMARTS) is 2. The largest absolute Gasteiger partial charge is 0.490 e. The number of fused-ring (bicyclic) bond motifs is 1. The van der Waals surface area contributed by atoms with Crippen LogP contribution in [-0.2, 0) is 20.9 Å². The second-order valence-corrected chi connectivity index (χ2v) is 10.6. The Hall–Kier alpha value is -2.39.